The van der Waals surface area contributed by atoms with Gasteiger partial charge >= 0.3 is 6.03 Å². The lowest BCUT2D eigenvalue weighted by Gasteiger charge is -2.23. The van der Waals surface area contributed by atoms with Crippen LogP contribution in [0.25, 0.3) is 0 Å². The third-order valence-corrected chi connectivity index (χ3v) is 3.82. The number of rotatable bonds is 5. The first-order chi connectivity index (χ1) is 10.9. The number of benzene rings is 1. The number of nitrogens with zero attached hydrogens (tertiary/aromatic N) is 3. The lowest BCUT2D eigenvalue weighted by molar-refractivity contribution is 0.243. The average Bonchev–Trinajstić information content (AvgIpc) is 2.88. The predicted octanol–water partition coefficient (Wildman–Crippen LogP) is 2.46. The summed E-state index contributed by atoms with van der Waals surface area (Å²) in [4.78, 5) is 14.2. The molecule has 2 amide bonds. The van der Waals surface area contributed by atoms with Crippen molar-refractivity contribution in [2.45, 2.75) is 19.9 Å². The molecule has 124 valence electrons. The standard InChI is InChI=1S/C17H25N5O/c1-12-6-7-15(13(2)8-12)20-17(23)18-10-16(21(3)4)14-9-19-22(5)11-14/h6-9,11,16H,10H2,1-5H3,(H2,18,20,23)/t16-/m1/s1. The van der Waals surface area contributed by atoms with E-state index >= 15 is 0 Å². The van der Waals surface area contributed by atoms with E-state index in [-0.39, 0.29) is 12.1 Å². The van der Waals surface area contributed by atoms with Crippen LogP contribution in [0.2, 0.25) is 0 Å². The molecule has 0 saturated carbocycles. The number of nitrogens with one attached hydrogen (secondary N) is 2. The van der Waals surface area contributed by atoms with Crippen molar-refractivity contribution in [2.24, 2.45) is 7.05 Å². The van der Waals surface area contributed by atoms with Gasteiger partial charge in [0.1, 0.15) is 0 Å². The number of carbonyl (C=O) groups is 1. The fourth-order valence-electron chi connectivity index (χ4n) is 2.52. The Kier molecular flexibility index (Phi) is 5.39. The number of carbonyl (C=O) groups excluding carboxylic acids is 1. The molecule has 0 aliphatic carbocycles. The van der Waals surface area contributed by atoms with Gasteiger partial charge in [-0.3, -0.25) is 4.68 Å². The van der Waals surface area contributed by atoms with Crippen LogP contribution < -0.4 is 10.6 Å². The van der Waals surface area contributed by atoms with Crippen LogP contribution in [0.5, 0.6) is 0 Å². The van der Waals surface area contributed by atoms with Crippen molar-refractivity contribution >= 4 is 11.7 Å². The summed E-state index contributed by atoms with van der Waals surface area (Å²) in [6.07, 6.45) is 3.79. The molecule has 1 aromatic heterocycles. The third-order valence-electron chi connectivity index (χ3n) is 3.82. The van der Waals surface area contributed by atoms with Crippen LogP contribution in [0.4, 0.5) is 10.5 Å². The van der Waals surface area contributed by atoms with E-state index in [1.54, 1.807) is 4.68 Å². The highest BCUT2D eigenvalue weighted by molar-refractivity contribution is 5.90. The number of hydrogen-bond acceptors (Lipinski definition) is 3. The van der Waals surface area contributed by atoms with Gasteiger partial charge in [0, 0.05) is 31.0 Å². The summed E-state index contributed by atoms with van der Waals surface area (Å²) in [5.41, 5.74) is 4.13. The quantitative estimate of drug-likeness (QED) is 0.891. The van der Waals surface area contributed by atoms with E-state index in [1.807, 2.05) is 65.6 Å². The molecule has 0 unspecified atom stereocenters. The van der Waals surface area contributed by atoms with Crippen LogP contribution in [0.3, 0.4) is 0 Å². The second-order valence-corrected chi connectivity index (χ2v) is 6.08. The highest BCUT2D eigenvalue weighted by atomic mass is 16.2. The maximum absolute atomic E-state index is 12.2. The molecule has 0 saturated heterocycles. The van der Waals surface area contributed by atoms with Crippen molar-refractivity contribution in [1.29, 1.82) is 0 Å². The zero-order valence-electron chi connectivity index (χ0n) is 14.4. The summed E-state index contributed by atoms with van der Waals surface area (Å²) in [5.74, 6) is 0. The summed E-state index contributed by atoms with van der Waals surface area (Å²) in [7, 11) is 5.86. The van der Waals surface area contributed by atoms with Gasteiger partial charge in [-0.1, -0.05) is 17.7 Å². The highest BCUT2D eigenvalue weighted by Crippen LogP contribution is 2.17. The van der Waals surface area contributed by atoms with Crippen LogP contribution in [0.1, 0.15) is 22.7 Å². The number of likely N-dealkylation sites (N-methyl/N-ethyl adjacent to an activating group) is 1. The predicted molar refractivity (Wildman–Crippen MR) is 92.6 cm³/mol. The summed E-state index contributed by atoms with van der Waals surface area (Å²) in [6.45, 7) is 4.53. The Morgan fingerprint density at radius 2 is 2.09 bits per heavy atom. The van der Waals surface area contributed by atoms with Gasteiger partial charge in [0.25, 0.3) is 0 Å². The average molecular weight is 315 g/mol. The van der Waals surface area contributed by atoms with Crippen LogP contribution in [0, 0.1) is 13.8 Å². The fraction of sp³-hybridized carbons (Fsp3) is 0.412. The minimum absolute atomic E-state index is 0.0774. The van der Waals surface area contributed by atoms with Crippen LogP contribution in [0.15, 0.2) is 30.6 Å². The van der Waals surface area contributed by atoms with Gasteiger partial charge in [-0.05, 0) is 39.6 Å². The van der Waals surface area contributed by atoms with Crippen LogP contribution in [-0.2, 0) is 7.05 Å². The van der Waals surface area contributed by atoms with Crippen molar-refractivity contribution < 1.29 is 4.79 Å². The zero-order chi connectivity index (χ0) is 17.0. The van der Waals surface area contributed by atoms with Gasteiger partial charge in [-0.15, -0.1) is 0 Å². The molecule has 0 aliphatic rings. The molecule has 1 heterocycles. The maximum atomic E-state index is 12.2. The molecule has 0 radical (unpaired) electrons. The van der Waals surface area contributed by atoms with Gasteiger partial charge in [0.05, 0.1) is 12.2 Å². The van der Waals surface area contributed by atoms with Gasteiger partial charge in [0.2, 0.25) is 0 Å². The van der Waals surface area contributed by atoms with Gasteiger partial charge in [-0.25, -0.2) is 4.79 Å². The lowest BCUT2D eigenvalue weighted by Crippen LogP contribution is -2.36. The molecule has 0 spiro atoms. The second kappa shape index (κ2) is 7.28. The monoisotopic (exact) mass is 315 g/mol. The van der Waals surface area contributed by atoms with E-state index in [9.17, 15) is 4.79 Å². The first-order valence-corrected chi connectivity index (χ1v) is 7.64. The molecule has 1 aromatic carbocycles. The summed E-state index contributed by atoms with van der Waals surface area (Å²) in [5, 5.41) is 10.0. The summed E-state index contributed by atoms with van der Waals surface area (Å²) in [6, 6.07) is 5.84. The van der Waals surface area contributed by atoms with Crippen molar-refractivity contribution in [3.05, 3.63) is 47.3 Å². The number of urea groups is 1. The normalized spacial score (nSPS) is 12.3. The van der Waals surface area contributed by atoms with Crippen molar-refractivity contribution in [3.63, 3.8) is 0 Å². The minimum Gasteiger partial charge on any atom is -0.336 e. The molecule has 6 nitrogen and oxygen atoms in total. The maximum Gasteiger partial charge on any atom is 0.319 e. The third kappa shape index (κ3) is 4.56. The first kappa shape index (κ1) is 17.0. The molecular formula is C17H25N5O. The van der Waals surface area contributed by atoms with E-state index < -0.39 is 0 Å². The second-order valence-electron chi connectivity index (χ2n) is 6.08. The molecule has 0 fully saturated rings. The van der Waals surface area contributed by atoms with E-state index in [0.717, 1.165) is 16.8 Å². The molecule has 0 bridgehead atoms. The Bertz CT molecular complexity index is 677. The Hall–Kier alpha value is -2.34. The van der Waals surface area contributed by atoms with Crippen LogP contribution in [-0.4, -0.2) is 41.4 Å². The molecule has 2 aromatic rings. The Morgan fingerprint density at radius 1 is 1.35 bits per heavy atom. The fourth-order valence-corrected chi connectivity index (χ4v) is 2.52. The van der Waals surface area contributed by atoms with Gasteiger partial charge in [0.15, 0.2) is 0 Å². The van der Waals surface area contributed by atoms with Gasteiger partial charge < -0.3 is 15.5 Å². The Labute approximate surface area is 137 Å². The van der Waals surface area contributed by atoms with Crippen LogP contribution >= 0.6 is 0 Å². The summed E-state index contributed by atoms with van der Waals surface area (Å²) < 4.78 is 1.77. The van der Waals surface area contributed by atoms with E-state index in [2.05, 4.69) is 20.6 Å². The topological polar surface area (TPSA) is 62.2 Å². The van der Waals surface area contributed by atoms with Crippen molar-refractivity contribution in [3.8, 4) is 0 Å². The van der Waals surface area contributed by atoms with Gasteiger partial charge in [-0.2, -0.15) is 5.10 Å². The molecule has 1 atom stereocenters. The van der Waals surface area contributed by atoms with E-state index in [0.29, 0.717) is 6.54 Å². The minimum atomic E-state index is -0.201. The number of hydrogen-bond donors (Lipinski definition) is 2. The molecule has 0 aliphatic heterocycles. The lowest BCUT2D eigenvalue weighted by atomic mass is 10.1. The zero-order valence-corrected chi connectivity index (χ0v) is 14.4. The largest absolute Gasteiger partial charge is 0.336 e. The highest BCUT2D eigenvalue weighted by Gasteiger charge is 2.17. The van der Waals surface area contributed by atoms with E-state index in [1.165, 1.54) is 5.56 Å². The Morgan fingerprint density at radius 3 is 2.65 bits per heavy atom. The SMILES string of the molecule is Cc1ccc(NC(=O)NC[C@H](c2cnn(C)c2)N(C)C)c(C)c1. The van der Waals surface area contributed by atoms with Crippen molar-refractivity contribution in [1.82, 2.24) is 20.0 Å². The molecule has 2 N–H and O–H groups in total. The van der Waals surface area contributed by atoms with Crippen molar-refractivity contribution in [2.75, 3.05) is 26.0 Å². The number of aromatic nitrogens is 2. The molecule has 23 heavy (non-hydrogen) atoms. The number of anilines is 1. The number of amides is 2. The molecule has 2 rings (SSSR count). The number of aryl methyl sites for hydroxylation is 3. The van der Waals surface area contributed by atoms with E-state index in [4.69, 9.17) is 0 Å². The smallest absolute Gasteiger partial charge is 0.319 e. The summed E-state index contributed by atoms with van der Waals surface area (Å²) >= 11 is 0. The molecule has 6 heteroatoms. The molecular weight excluding hydrogens is 290 g/mol. The first-order valence-electron chi connectivity index (χ1n) is 7.64. The Balaban J connectivity index is 1.96.